The molecular weight excluding hydrogens is 362 g/mol. The van der Waals surface area contributed by atoms with Gasteiger partial charge in [0.2, 0.25) is 0 Å². The molecule has 3 aromatic carbocycles. The van der Waals surface area contributed by atoms with E-state index < -0.39 is 0 Å². The maximum absolute atomic E-state index is 2.50. The molecule has 4 rings (SSSR count). The first kappa shape index (κ1) is 18.9. The highest BCUT2D eigenvalue weighted by Crippen LogP contribution is 2.53. The maximum atomic E-state index is 2.50. The molecule has 3 atom stereocenters. The lowest BCUT2D eigenvalue weighted by Crippen LogP contribution is -2.23. The first-order valence-electron chi connectivity index (χ1n) is 10.0. The second-order valence-electron chi connectivity index (χ2n) is 7.45. The average molecular weight is 390 g/mol. The Kier molecular flexibility index (Phi) is 6.39. The molecule has 1 unspecified atom stereocenters. The van der Waals surface area contributed by atoms with Crippen molar-refractivity contribution in [2.75, 3.05) is 6.16 Å². The van der Waals surface area contributed by atoms with Crippen LogP contribution in [0.3, 0.4) is 0 Å². The number of hydrogen-bond donors (Lipinski definition) is 0. The number of benzene rings is 3. The quantitative estimate of drug-likeness (QED) is 0.462. The van der Waals surface area contributed by atoms with Crippen molar-refractivity contribution in [2.45, 2.75) is 37.5 Å². The van der Waals surface area contributed by atoms with E-state index in [0.717, 1.165) is 5.66 Å². The first-order chi connectivity index (χ1) is 13.3. The number of rotatable bonds is 6. The smallest absolute Gasteiger partial charge is 0.0151 e. The van der Waals surface area contributed by atoms with E-state index in [1.54, 1.807) is 5.30 Å². The minimum Gasteiger partial charge on any atom is -0.0721 e. The van der Waals surface area contributed by atoms with Gasteiger partial charge in [0, 0.05) is 0 Å². The lowest BCUT2D eigenvalue weighted by Gasteiger charge is -2.30. The van der Waals surface area contributed by atoms with E-state index in [1.165, 1.54) is 36.0 Å². The molecule has 0 radical (unpaired) electrons. The summed E-state index contributed by atoms with van der Waals surface area (Å²) < 4.78 is 0. The van der Waals surface area contributed by atoms with Crippen LogP contribution < -0.4 is 15.9 Å². The lowest BCUT2D eigenvalue weighted by atomic mass is 10.2. The Morgan fingerprint density at radius 1 is 0.815 bits per heavy atom. The predicted octanol–water partition coefficient (Wildman–Crippen LogP) is 5.87. The second kappa shape index (κ2) is 9.14. The van der Waals surface area contributed by atoms with Crippen molar-refractivity contribution >= 4 is 31.8 Å². The highest BCUT2D eigenvalue weighted by Gasteiger charge is 2.32. The van der Waals surface area contributed by atoms with Crippen molar-refractivity contribution in [1.82, 2.24) is 0 Å². The second-order valence-corrected chi connectivity index (χ2v) is 12.7. The SMILES string of the molecule is CC(C[C@H]1CCC[P@@]1c1ccccc1)P(c1ccccc1)c1ccccc1. The molecule has 1 aliphatic heterocycles. The minimum absolute atomic E-state index is 0.0116. The van der Waals surface area contributed by atoms with Gasteiger partial charge in [-0.1, -0.05) is 106 Å². The summed E-state index contributed by atoms with van der Waals surface area (Å²) in [6.07, 6.45) is 5.60. The van der Waals surface area contributed by atoms with Crippen LogP contribution in [0.2, 0.25) is 0 Å². The van der Waals surface area contributed by atoms with Gasteiger partial charge in [0.25, 0.3) is 0 Å². The largest absolute Gasteiger partial charge is 0.0721 e. The van der Waals surface area contributed by atoms with Gasteiger partial charge in [0.1, 0.15) is 0 Å². The standard InChI is InChI=1S/C25H28P2/c1-21(20-25-18-11-19-26(25)22-12-5-2-6-13-22)27(23-14-7-3-8-15-23)24-16-9-4-10-17-24/h2-10,12-17,21,25H,11,18-20H2,1H3/t21?,25-,26+/m1/s1. The molecule has 0 bridgehead atoms. The molecule has 27 heavy (non-hydrogen) atoms. The lowest BCUT2D eigenvalue weighted by molar-refractivity contribution is 0.706. The van der Waals surface area contributed by atoms with Gasteiger partial charge in [-0.15, -0.1) is 0 Å². The molecule has 1 fully saturated rings. The average Bonchev–Trinajstić information content (AvgIpc) is 3.18. The molecule has 1 aliphatic rings. The first-order valence-corrected chi connectivity index (χ1v) is 13.0. The molecule has 0 N–H and O–H groups in total. The molecule has 2 heteroatoms. The fourth-order valence-electron chi connectivity index (χ4n) is 4.37. The third kappa shape index (κ3) is 4.51. The zero-order valence-corrected chi connectivity index (χ0v) is 17.8. The van der Waals surface area contributed by atoms with Crippen molar-refractivity contribution in [3.8, 4) is 0 Å². The summed E-state index contributed by atoms with van der Waals surface area (Å²) in [6, 6.07) is 33.8. The fourth-order valence-corrected chi connectivity index (χ4v) is 10.5. The molecule has 0 aliphatic carbocycles. The van der Waals surface area contributed by atoms with Crippen LogP contribution in [0.5, 0.6) is 0 Å². The third-order valence-corrected chi connectivity index (χ3v) is 11.5. The summed E-state index contributed by atoms with van der Waals surface area (Å²) in [7, 11) is -0.294. The van der Waals surface area contributed by atoms with Gasteiger partial charge in [-0.05, 0) is 60.6 Å². The monoisotopic (exact) mass is 390 g/mol. The van der Waals surface area contributed by atoms with Crippen LogP contribution in [-0.4, -0.2) is 17.5 Å². The van der Waals surface area contributed by atoms with Crippen LogP contribution in [0, 0.1) is 0 Å². The van der Waals surface area contributed by atoms with Crippen molar-refractivity contribution in [2.24, 2.45) is 0 Å². The molecule has 0 aromatic heterocycles. The van der Waals surface area contributed by atoms with Gasteiger partial charge in [-0.3, -0.25) is 0 Å². The Balaban J connectivity index is 1.58. The molecule has 0 spiro atoms. The summed E-state index contributed by atoms with van der Waals surface area (Å²) in [4.78, 5) is 0. The van der Waals surface area contributed by atoms with E-state index in [-0.39, 0.29) is 15.8 Å². The van der Waals surface area contributed by atoms with E-state index in [0.29, 0.717) is 5.66 Å². The topological polar surface area (TPSA) is 0 Å². The van der Waals surface area contributed by atoms with E-state index in [9.17, 15) is 0 Å². The molecule has 0 amide bonds. The van der Waals surface area contributed by atoms with E-state index in [2.05, 4.69) is 97.9 Å². The Bertz CT molecular complexity index is 777. The molecular formula is C25H28P2. The molecule has 138 valence electrons. The van der Waals surface area contributed by atoms with Crippen LogP contribution in [0.25, 0.3) is 0 Å². The summed E-state index contributed by atoms with van der Waals surface area (Å²) in [5.41, 5.74) is 1.59. The van der Waals surface area contributed by atoms with E-state index in [1.807, 2.05) is 0 Å². The fraction of sp³-hybridized carbons (Fsp3) is 0.280. The van der Waals surface area contributed by atoms with Gasteiger partial charge in [-0.25, -0.2) is 0 Å². The molecule has 0 nitrogen and oxygen atoms in total. The number of hydrogen-bond acceptors (Lipinski definition) is 0. The summed E-state index contributed by atoms with van der Waals surface area (Å²) in [5, 5.41) is 4.66. The normalized spacial score (nSPS) is 20.7. The van der Waals surface area contributed by atoms with E-state index in [4.69, 9.17) is 0 Å². The van der Waals surface area contributed by atoms with Crippen LogP contribution in [0.15, 0.2) is 91.0 Å². The highest BCUT2D eigenvalue weighted by molar-refractivity contribution is 7.73. The summed E-state index contributed by atoms with van der Waals surface area (Å²) >= 11 is 0. The van der Waals surface area contributed by atoms with Gasteiger partial charge < -0.3 is 0 Å². The predicted molar refractivity (Wildman–Crippen MR) is 124 cm³/mol. The van der Waals surface area contributed by atoms with Gasteiger partial charge in [0.15, 0.2) is 0 Å². The van der Waals surface area contributed by atoms with Crippen molar-refractivity contribution in [3.63, 3.8) is 0 Å². The van der Waals surface area contributed by atoms with Crippen molar-refractivity contribution in [1.29, 1.82) is 0 Å². The summed E-state index contributed by atoms with van der Waals surface area (Å²) in [6.45, 7) is 2.50. The highest BCUT2D eigenvalue weighted by atomic mass is 31.1. The Labute approximate surface area is 166 Å². The van der Waals surface area contributed by atoms with Crippen LogP contribution in [0.1, 0.15) is 26.2 Å². The van der Waals surface area contributed by atoms with Crippen molar-refractivity contribution < 1.29 is 0 Å². The van der Waals surface area contributed by atoms with Crippen LogP contribution in [-0.2, 0) is 0 Å². The van der Waals surface area contributed by atoms with Crippen molar-refractivity contribution in [3.05, 3.63) is 91.0 Å². The maximum Gasteiger partial charge on any atom is -0.0151 e. The van der Waals surface area contributed by atoms with Crippen LogP contribution in [0.4, 0.5) is 0 Å². The molecule has 1 heterocycles. The minimum atomic E-state index is -0.306. The molecule has 1 saturated heterocycles. The summed E-state index contributed by atoms with van der Waals surface area (Å²) in [5.74, 6) is 0. The van der Waals surface area contributed by atoms with E-state index >= 15 is 0 Å². The van der Waals surface area contributed by atoms with Gasteiger partial charge >= 0.3 is 0 Å². The van der Waals surface area contributed by atoms with Gasteiger partial charge in [0.05, 0.1) is 0 Å². The molecule has 0 saturated carbocycles. The Morgan fingerprint density at radius 2 is 1.33 bits per heavy atom. The molecule has 3 aromatic rings. The van der Waals surface area contributed by atoms with Gasteiger partial charge in [-0.2, -0.15) is 0 Å². The van der Waals surface area contributed by atoms with Crippen LogP contribution >= 0.6 is 15.8 Å². The Morgan fingerprint density at radius 3 is 1.89 bits per heavy atom. The zero-order chi connectivity index (χ0) is 18.5. The zero-order valence-electron chi connectivity index (χ0n) is 16.0. The Hall–Kier alpha value is -1.48. The third-order valence-electron chi connectivity index (χ3n) is 5.59.